The smallest absolute Gasteiger partial charge is 0.339 e. The third-order valence-electron chi connectivity index (χ3n) is 4.47. The highest BCUT2D eigenvalue weighted by Gasteiger charge is 2.22. The molecule has 26 heavy (non-hydrogen) atoms. The minimum Gasteiger partial charge on any atom is -0.478 e. The fraction of sp³-hybridized carbons (Fsp3) is 0.294. The highest BCUT2D eigenvalue weighted by Crippen LogP contribution is 2.29. The summed E-state index contributed by atoms with van der Waals surface area (Å²) in [4.78, 5) is 40.9. The van der Waals surface area contributed by atoms with E-state index in [9.17, 15) is 14.7 Å². The minimum atomic E-state index is -1.06. The van der Waals surface area contributed by atoms with Gasteiger partial charge in [-0.3, -0.25) is 4.79 Å². The fourth-order valence-corrected chi connectivity index (χ4v) is 3.86. The summed E-state index contributed by atoms with van der Waals surface area (Å²) < 4.78 is 0. The van der Waals surface area contributed by atoms with Crippen molar-refractivity contribution in [2.45, 2.75) is 0 Å². The molecule has 0 spiro atoms. The van der Waals surface area contributed by atoms with E-state index in [1.54, 1.807) is 12.3 Å². The van der Waals surface area contributed by atoms with Crippen LogP contribution in [0.5, 0.6) is 0 Å². The number of carboxylic acids is 1. The first kappa shape index (κ1) is 16.7. The Labute approximate surface area is 153 Å². The van der Waals surface area contributed by atoms with E-state index in [0.29, 0.717) is 21.7 Å². The number of nitrogens with zero attached hydrogens (tertiary/aromatic N) is 4. The van der Waals surface area contributed by atoms with Crippen LogP contribution in [0.1, 0.15) is 20.0 Å². The fourth-order valence-electron chi connectivity index (χ4n) is 2.93. The van der Waals surface area contributed by atoms with Crippen LogP contribution in [0.3, 0.4) is 0 Å². The number of aromatic carboxylic acids is 1. The molecule has 1 saturated heterocycles. The quantitative estimate of drug-likeness (QED) is 0.727. The number of fused-ring (bicyclic) bond motifs is 1. The number of nitrogens with one attached hydrogen (secondary N) is 1. The number of piperazine rings is 1. The van der Waals surface area contributed by atoms with E-state index >= 15 is 0 Å². The molecule has 1 aliphatic rings. The molecule has 1 amide bonds. The van der Waals surface area contributed by atoms with Gasteiger partial charge in [0.25, 0.3) is 5.91 Å². The molecular formula is C17H17N5O3S. The van der Waals surface area contributed by atoms with Gasteiger partial charge < -0.3 is 19.9 Å². The zero-order chi connectivity index (χ0) is 18.3. The molecule has 0 unspecified atom stereocenters. The van der Waals surface area contributed by atoms with Crippen LogP contribution in [-0.2, 0) is 0 Å². The molecule has 4 heterocycles. The predicted octanol–water partition coefficient (Wildman–Crippen LogP) is 1.77. The van der Waals surface area contributed by atoms with Crippen LogP contribution in [-0.4, -0.2) is 75.0 Å². The van der Waals surface area contributed by atoms with E-state index in [-0.39, 0.29) is 11.5 Å². The van der Waals surface area contributed by atoms with Crippen LogP contribution in [0, 0.1) is 0 Å². The molecule has 9 heteroatoms. The minimum absolute atomic E-state index is 0.0243. The number of amides is 1. The number of aromatic amines is 1. The number of aromatic nitrogens is 3. The second-order valence-corrected chi connectivity index (χ2v) is 7.30. The number of H-pyrrole nitrogens is 1. The van der Waals surface area contributed by atoms with Gasteiger partial charge in [-0.2, -0.15) is 0 Å². The van der Waals surface area contributed by atoms with E-state index in [1.165, 1.54) is 17.5 Å². The highest BCUT2D eigenvalue weighted by molar-refractivity contribution is 7.17. The van der Waals surface area contributed by atoms with Crippen LogP contribution in [0.4, 0.5) is 0 Å². The number of carbonyl (C=O) groups excluding carboxylic acids is 1. The zero-order valence-electron chi connectivity index (χ0n) is 14.1. The van der Waals surface area contributed by atoms with Gasteiger partial charge in [-0.15, -0.1) is 11.3 Å². The Balaban J connectivity index is 1.61. The van der Waals surface area contributed by atoms with Gasteiger partial charge in [-0.05, 0) is 19.2 Å². The van der Waals surface area contributed by atoms with Crippen LogP contribution in [0.25, 0.3) is 21.7 Å². The summed E-state index contributed by atoms with van der Waals surface area (Å²) in [5.74, 6) is -1.03. The summed E-state index contributed by atoms with van der Waals surface area (Å²) in [6.45, 7) is 3.19. The largest absolute Gasteiger partial charge is 0.478 e. The van der Waals surface area contributed by atoms with E-state index < -0.39 is 5.97 Å². The van der Waals surface area contributed by atoms with Crippen molar-refractivity contribution in [2.24, 2.45) is 0 Å². The lowest BCUT2D eigenvalue weighted by molar-refractivity contribution is 0.0666. The third-order valence-corrected chi connectivity index (χ3v) is 5.57. The Hall–Kier alpha value is -2.78. The predicted molar refractivity (Wildman–Crippen MR) is 97.6 cm³/mol. The molecular weight excluding hydrogens is 354 g/mol. The van der Waals surface area contributed by atoms with E-state index in [2.05, 4.69) is 19.9 Å². The average Bonchev–Trinajstić information content (AvgIpc) is 3.28. The zero-order valence-corrected chi connectivity index (χ0v) is 14.9. The summed E-state index contributed by atoms with van der Waals surface area (Å²) in [5, 5.41) is 9.23. The summed E-state index contributed by atoms with van der Waals surface area (Å²) in [5.41, 5.74) is 1.38. The van der Waals surface area contributed by atoms with E-state index in [0.717, 1.165) is 31.1 Å². The van der Waals surface area contributed by atoms with Crippen molar-refractivity contribution in [2.75, 3.05) is 33.2 Å². The van der Waals surface area contributed by atoms with Crippen LogP contribution >= 0.6 is 11.3 Å². The van der Waals surface area contributed by atoms with Crippen molar-refractivity contribution >= 4 is 34.4 Å². The average molecular weight is 371 g/mol. The first-order valence-electron chi connectivity index (χ1n) is 8.18. The Morgan fingerprint density at radius 2 is 2.00 bits per heavy atom. The molecule has 0 saturated carbocycles. The Morgan fingerprint density at radius 1 is 1.23 bits per heavy atom. The SMILES string of the molecule is CN1CCN(C(=O)c2ccc(-c3cnc4[nH]cc(C(=O)O)c4n3)s2)CC1. The van der Waals surface area contributed by atoms with E-state index in [1.807, 2.05) is 18.0 Å². The van der Waals surface area contributed by atoms with Gasteiger partial charge in [-0.1, -0.05) is 0 Å². The molecule has 0 bridgehead atoms. The molecule has 0 radical (unpaired) electrons. The number of likely N-dealkylation sites (N-methyl/N-ethyl adjacent to an activating group) is 1. The van der Waals surface area contributed by atoms with Crippen molar-refractivity contribution in [3.63, 3.8) is 0 Å². The van der Waals surface area contributed by atoms with Gasteiger partial charge in [0.05, 0.1) is 21.6 Å². The molecule has 2 N–H and O–H groups in total. The Bertz CT molecular complexity index is 987. The Kier molecular flexibility index (Phi) is 4.17. The number of hydrogen-bond acceptors (Lipinski definition) is 6. The van der Waals surface area contributed by atoms with Crippen molar-refractivity contribution in [1.29, 1.82) is 0 Å². The molecule has 134 valence electrons. The molecule has 0 atom stereocenters. The second kappa shape index (κ2) is 6.50. The van der Waals surface area contributed by atoms with Gasteiger partial charge >= 0.3 is 5.97 Å². The van der Waals surface area contributed by atoms with Crippen LogP contribution in [0.15, 0.2) is 24.5 Å². The number of carboxylic acid groups (broad SMARTS) is 1. The lowest BCUT2D eigenvalue weighted by Crippen LogP contribution is -2.46. The lowest BCUT2D eigenvalue weighted by atomic mass is 10.3. The number of hydrogen-bond donors (Lipinski definition) is 2. The molecule has 1 aliphatic heterocycles. The first-order valence-corrected chi connectivity index (χ1v) is 9.00. The molecule has 8 nitrogen and oxygen atoms in total. The molecule has 0 aromatic carbocycles. The summed E-state index contributed by atoms with van der Waals surface area (Å²) >= 11 is 1.35. The highest BCUT2D eigenvalue weighted by atomic mass is 32.1. The van der Waals surface area contributed by atoms with Gasteiger partial charge in [0, 0.05) is 32.4 Å². The van der Waals surface area contributed by atoms with Crippen molar-refractivity contribution in [3.8, 4) is 10.6 Å². The number of thiophene rings is 1. The molecule has 3 aromatic heterocycles. The maximum atomic E-state index is 12.7. The van der Waals surface area contributed by atoms with Crippen LogP contribution in [0.2, 0.25) is 0 Å². The first-order chi connectivity index (χ1) is 12.5. The molecule has 1 fully saturated rings. The van der Waals surface area contributed by atoms with Crippen molar-refractivity contribution in [3.05, 3.63) is 35.0 Å². The maximum absolute atomic E-state index is 12.7. The van der Waals surface area contributed by atoms with Gasteiger partial charge in [0.1, 0.15) is 11.1 Å². The van der Waals surface area contributed by atoms with Crippen molar-refractivity contribution < 1.29 is 14.7 Å². The van der Waals surface area contributed by atoms with Crippen LogP contribution < -0.4 is 0 Å². The summed E-state index contributed by atoms with van der Waals surface area (Å²) in [7, 11) is 2.05. The molecule has 4 rings (SSSR count). The molecule has 3 aromatic rings. The van der Waals surface area contributed by atoms with Gasteiger partial charge in [0.15, 0.2) is 5.65 Å². The summed E-state index contributed by atoms with van der Waals surface area (Å²) in [6.07, 6.45) is 2.97. The number of carbonyl (C=O) groups is 2. The normalized spacial score (nSPS) is 15.5. The van der Waals surface area contributed by atoms with E-state index in [4.69, 9.17) is 0 Å². The maximum Gasteiger partial charge on any atom is 0.339 e. The van der Waals surface area contributed by atoms with Gasteiger partial charge in [0.2, 0.25) is 0 Å². The summed E-state index contributed by atoms with van der Waals surface area (Å²) in [6, 6.07) is 3.62. The second-order valence-electron chi connectivity index (χ2n) is 6.22. The third kappa shape index (κ3) is 2.95. The standard InChI is InChI=1S/C17H17N5O3S/c1-21-4-6-22(7-5-21)16(23)13-3-2-12(26-13)11-9-19-15-14(20-11)10(8-18-15)17(24)25/h2-3,8-9H,4-7H2,1H3,(H,18,19)(H,24,25). The molecule has 0 aliphatic carbocycles. The monoisotopic (exact) mass is 371 g/mol. The number of rotatable bonds is 3. The lowest BCUT2D eigenvalue weighted by Gasteiger charge is -2.32. The van der Waals surface area contributed by atoms with Gasteiger partial charge in [-0.25, -0.2) is 14.8 Å². The Morgan fingerprint density at radius 3 is 2.73 bits per heavy atom. The topological polar surface area (TPSA) is 102 Å². The van der Waals surface area contributed by atoms with Crippen molar-refractivity contribution in [1.82, 2.24) is 24.8 Å².